The van der Waals surface area contributed by atoms with E-state index in [1.807, 2.05) is 6.07 Å². The summed E-state index contributed by atoms with van der Waals surface area (Å²) in [5, 5.41) is 3.22. The van der Waals surface area contributed by atoms with E-state index in [1.54, 1.807) is 6.20 Å². The zero-order valence-electron chi connectivity index (χ0n) is 16.6. The number of rotatable bonds is 10. The van der Waals surface area contributed by atoms with Crippen LogP contribution in [0.15, 0.2) is 49.7 Å². The first-order valence-corrected chi connectivity index (χ1v) is 9.43. The molecule has 0 aliphatic heterocycles. The van der Waals surface area contributed by atoms with Gasteiger partial charge in [0.25, 0.3) is 0 Å². The summed E-state index contributed by atoms with van der Waals surface area (Å²) < 4.78 is 2.30. The molecule has 1 aromatic heterocycles. The molecule has 0 saturated carbocycles. The van der Waals surface area contributed by atoms with Crippen LogP contribution in [0.5, 0.6) is 0 Å². The Morgan fingerprint density at radius 1 is 1.31 bits per heavy atom. The smallest absolute Gasteiger partial charge is 0.158 e. The van der Waals surface area contributed by atoms with Crippen molar-refractivity contribution in [2.24, 2.45) is 5.92 Å². The first kappa shape index (κ1) is 19.8. The molecule has 0 atom stereocenters. The Bertz CT molecular complexity index is 728. The van der Waals surface area contributed by atoms with E-state index in [-0.39, 0.29) is 0 Å². The molecule has 0 saturated heterocycles. The highest BCUT2D eigenvalue weighted by Crippen LogP contribution is 2.32. The third-order valence-corrected chi connectivity index (χ3v) is 4.46. The molecule has 140 valence electrons. The van der Waals surface area contributed by atoms with Crippen LogP contribution >= 0.6 is 0 Å². The molecule has 0 aliphatic rings. The third-order valence-electron chi connectivity index (χ3n) is 4.46. The minimum absolute atomic E-state index is 0.617. The van der Waals surface area contributed by atoms with E-state index in [0.717, 1.165) is 54.5 Å². The fourth-order valence-corrected chi connectivity index (χ4v) is 3.01. The molecule has 0 fully saturated rings. The van der Waals surface area contributed by atoms with E-state index in [0.29, 0.717) is 5.92 Å². The summed E-state index contributed by atoms with van der Waals surface area (Å²) in [5.74, 6) is 2.40. The molecule has 2 rings (SSSR count). The average molecular weight is 353 g/mol. The predicted octanol–water partition coefficient (Wildman–Crippen LogP) is 5.46. The Labute approximate surface area is 158 Å². The maximum absolute atomic E-state index is 4.90. The van der Waals surface area contributed by atoms with Crippen molar-refractivity contribution in [3.05, 3.63) is 55.4 Å². The number of nitrogens with zero attached hydrogens (tertiary/aromatic N) is 3. The monoisotopic (exact) mass is 352 g/mol. The lowest BCUT2D eigenvalue weighted by Gasteiger charge is -2.23. The second kappa shape index (κ2) is 9.27. The van der Waals surface area contributed by atoms with Crippen LogP contribution < -0.4 is 5.32 Å². The zero-order valence-corrected chi connectivity index (χ0v) is 16.6. The van der Waals surface area contributed by atoms with Crippen LogP contribution in [0.1, 0.15) is 39.3 Å². The number of anilines is 1. The lowest BCUT2D eigenvalue weighted by Crippen LogP contribution is -2.20. The quantitative estimate of drug-likeness (QED) is 0.616. The number of nitrogens with one attached hydrogen (secondary N) is 1. The topological polar surface area (TPSA) is 33.1 Å². The van der Waals surface area contributed by atoms with Gasteiger partial charge in [0.15, 0.2) is 5.82 Å². The minimum atomic E-state index is 0.617. The van der Waals surface area contributed by atoms with Crippen LogP contribution in [0, 0.1) is 5.92 Å². The fraction of sp³-hybridized carbons (Fsp3) is 0.409. The van der Waals surface area contributed by atoms with Crippen molar-refractivity contribution in [1.29, 1.82) is 0 Å². The van der Waals surface area contributed by atoms with Crippen molar-refractivity contribution in [2.45, 2.75) is 40.2 Å². The first-order chi connectivity index (χ1) is 12.5. The second-order valence-electron chi connectivity index (χ2n) is 7.05. The molecule has 4 heteroatoms. The largest absolute Gasteiger partial charge is 0.373 e. The van der Waals surface area contributed by atoms with Crippen molar-refractivity contribution >= 4 is 11.5 Å². The Kier molecular flexibility index (Phi) is 7.07. The highest BCUT2D eigenvalue weighted by Gasteiger charge is 2.22. The lowest BCUT2D eigenvalue weighted by molar-refractivity contribution is 0.467. The molecule has 0 unspecified atom stereocenters. The average Bonchev–Trinajstić information content (AvgIpc) is 2.98. The molecule has 0 bridgehead atoms. The number of benzene rings is 1. The van der Waals surface area contributed by atoms with Crippen molar-refractivity contribution < 1.29 is 0 Å². The van der Waals surface area contributed by atoms with Crippen molar-refractivity contribution in [2.75, 3.05) is 18.9 Å². The van der Waals surface area contributed by atoms with Gasteiger partial charge in [0.2, 0.25) is 0 Å². The molecule has 0 spiro atoms. The van der Waals surface area contributed by atoms with Crippen LogP contribution in [0.2, 0.25) is 0 Å². The van der Waals surface area contributed by atoms with Gasteiger partial charge in [-0.3, -0.25) is 0 Å². The predicted molar refractivity (Wildman–Crippen MR) is 113 cm³/mol. The molecular weight excluding hydrogens is 320 g/mol. The van der Waals surface area contributed by atoms with Crippen LogP contribution in [0.25, 0.3) is 17.1 Å². The Morgan fingerprint density at radius 2 is 2.00 bits per heavy atom. The van der Waals surface area contributed by atoms with Crippen LogP contribution in [0.3, 0.4) is 0 Å². The lowest BCUT2D eigenvalue weighted by atomic mass is 10.1. The van der Waals surface area contributed by atoms with Crippen LogP contribution in [-0.4, -0.2) is 28.0 Å². The van der Waals surface area contributed by atoms with Gasteiger partial charge in [0, 0.05) is 25.7 Å². The van der Waals surface area contributed by atoms with Gasteiger partial charge >= 0.3 is 0 Å². The number of hydrogen-bond donors (Lipinski definition) is 1. The molecule has 26 heavy (non-hydrogen) atoms. The van der Waals surface area contributed by atoms with Gasteiger partial charge in [0.1, 0.15) is 11.5 Å². The standard InChI is InChI=1S/C22H32N4/c1-7-15-25(6)18(5)20-21(23-8-2)24-22(19-12-10-9-11-13-19)26(20)16-14-17(3)4/h8-13,17,23H,2,5,7,14-16H2,1,3-4,6H3. The van der Waals surface area contributed by atoms with Gasteiger partial charge in [-0.1, -0.05) is 64.3 Å². The second-order valence-corrected chi connectivity index (χ2v) is 7.05. The van der Waals surface area contributed by atoms with Crippen molar-refractivity contribution in [3.63, 3.8) is 0 Å². The van der Waals surface area contributed by atoms with E-state index in [2.05, 4.69) is 80.0 Å². The first-order valence-electron chi connectivity index (χ1n) is 9.43. The molecule has 1 aromatic carbocycles. The number of imidazole rings is 1. The highest BCUT2D eigenvalue weighted by atomic mass is 15.2. The van der Waals surface area contributed by atoms with E-state index >= 15 is 0 Å². The Morgan fingerprint density at radius 3 is 2.58 bits per heavy atom. The van der Waals surface area contributed by atoms with Crippen LogP contribution in [-0.2, 0) is 6.54 Å². The molecule has 2 aromatic rings. The highest BCUT2D eigenvalue weighted by molar-refractivity contribution is 5.74. The van der Waals surface area contributed by atoms with E-state index in [4.69, 9.17) is 4.98 Å². The summed E-state index contributed by atoms with van der Waals surface area (Å²) >= 11 is 0. The summed E-state index contributed by atoms with van der Waals surface area (Å²) in [4.78, 5) is 7.11. The van der Waals surface area contributed by atoms with Gasteiger partial charge < -0.3 is 14.8 Å². The fourth-order valence-electron chi connectivity index (χ4n) is 3.01. The maximum atomic E-state index is 4.90. The Balaban J connectivity index is 2.59. The van der Waals surface area contributed by atoms with Crippen molar-refractivity contribution in [3.8, 4) is 11.4 Å². The number of hydrogen-bond acceptors (Lipinski definition) is 3. The molecule has 0 aliphatic carbocycles. The summed E-state index contributed by atoms with van der Waals surface area (Å²) in [7, 11) is 2.09. The van der Waals surface area contributed by atoms with E-state index < -0.39 is 0 Å². The van der Waals surface area contributed by atoms with Crippen LogP contribution in [0.4, 0.5) is 5.82 Å². The molecule has 1 heterocycles. The molecule has 0 amide bonds. The maximum Gasteiger partial charge on any atom is 0.158 e. The summed E-state index contributed by atoms with van der Waals surface area (Å²) in [5.41, 5.74) is 3.13. The van der Waals surface area contributed by atoms with Gasteiger partial charge in [-0.05, 0) is 25.0 Å². The van der Waals surface area contributed by atoms with Gasteiger partial charge in [-0.25, -0.2) is 4.98 Å². The molecule has 1 N–H and O–H groups in total. The summed E-state index contributed by atoms with van der Waals surface area (Å²) in [6.07, 6.45) is 3.84. The summed E-state index contributed by atoms with van der Waals surface area (Å²) in [6.45, 7) is 16.7. The van der Waals surface area contributed by atoms with Gasteiger partial charge in [0.05, 0.1) is 5.70 Å². The van der Waals surface area contributed by atoms with Gasteiger partial charge in [-0.15, -0.1) is 0 Å². The van der Waals surface area contributed by atoms with E-state index in [9.17, 15) is 0 Å². The minimum Gasteiger partial charge on any atom is -0.373 e. The molecule has 4 nitrogen and oxygen atoms in total. The Hall–Kier alpha value is -2.49. The van der Waals surface area contributed by atoms with Crippen molar-refractivity contribution in [1.82, 2.24) is 14.5 Å². The van der Waals surface area contributed by atoms with Gasteiger partial charge in [-0.2, -0.15) is 0 Å². The molecular formula is C22H32N4. The molecule has 0 radical (unpaired) electrons. The van der Waals surface area contributed by atoms with E-state index in [1.165, 1.54) is 0 Å². The third kappa shape index (κ3) is 4.57. The number of aromatic nitrogens is 2. The normalized spacial score (nSPS) is 10.8. The zero-order chi connectivity index (χ0) is 19.1. The summed E-state index contributed by atoms with van der Waals surface area (Å²) in [6, 6.07) is 10.3. The SMILES string of the molecule is C=CNc1nc(-c2ccccc2)n(CCC(C)C)c1C(=C)N(C)CCC.